The average Bonchev–Trinajstić information content (AvgIpc) is 2.25. The third-order valence-corrected chi connectivity index (χ3v) is 2.83. The van der Waals surface area contributed by atoms with E-state index in [1.165, 1.54) is 4.90 Å². The Labute approximate surface area is 89.3 Å². The molecule has 0 aliphatic rings. The van der Waals surface area contributed by atoms with Crippen LogP contribution in [0.2, 0.25) is 0 Å². The molecule has 0 aliphatic carbocycles. The second kappa shape index (κ2) is 6.68. The molecule has 0 bridgehead atoms. The third-order valence-electron chi connectivity index (χ3n) is 1.75. The second-order valence-corrected chi connectivity index (χ2v) is 3.99. The van der Waals surface area contributed by atoms with E-state index in [1.807, 2.05) is 31.1 Å². The molecule has 78 valence electrons. The molecule has 1 aromatic rings. The van der Waals surface area contributed by atoms with E-state index < -0.39 is 0 Å². The van der Waals surface area contributed by atoms with Crippen molar-refractivity contribution in [2.75, 3.05) is 31.8 Å². The Kier molecular flexibility index (Phi) is 5.40. The number of nitrogens with one attached hydrogen (secondary N) is 1. The van der Waals surface area contributed by atoms with E-state index in [2.05, 4.69) is 16.4 Å². The van der Waals surface area contributed by atoms with Gasteiger partial charge in [0.15, 0.2) is 0 Å². The summed E-state index contributed by atoms with van der Waals surface area (Å²) >= 11 is 1.83. The zero-order chi connectivity index (χ0) is 10.2. The summed E-state index contributed by atoms with van der Waals surface area (Å²) in [6.07, 6.45) is 2.91. The Balaban J connectivity index is 2.34. The molecular formula is C10H16N2OS. The van der Waals surface area contributed by atoms with E-state index in [-0.39, 0.29) is 0 Å². The molecule has 0 saturated carbocycles. The quantitative estimate of drug-likeness (QED) is 0.579. The highest BCUT2D eigenvalue weighted by Gasteiger charge is 1.96. The summed E-state index contributed by atoms with van der Waals surface area (Å²) in [5.41, 5.74) is 0. The minimum atomic E-state index is 0.830. The van der Waals surface area contributed by atoms with Crippen molar-refractivity contribution >= 4 is 17.6 Å². The van der Waals surface area contributed by atoms with Gasteiger partial charge in [-0.05, 0) is 18.6 Å². The first-order chi connectivity index (χ1) is 6.86. The van der Waals surface area contributed by atoms with Crippen LogP contribution in [0.3, 0.4) is 0 Å². The molecule has 1 N–H and O–H groups in total. The van der Waals surface area contributed by atoms with Crippen molar-refractivity contribution in [2.24, 2.45) is 0 Å². The SMILES string of the molecule is CNc1cc(SCCCOC)ccn1. The number of anilines is 1. The van der Waals surface area contributed by atoms with Gasteiger partial charge in [0.1, 0.15) is 5.82 Å². The second-order valence-electron chi connectivity index (χ2n) is 2.82. The van der Waals surface area contributed by atoms with Crippen LogP contribution in [0.25, 0.3) is 0 Å². The molecule has 0 radical (unpaired) electrons. The highest BCUT2D eigenvalue weighted by molar-refractivity contribution is 7.99. The number of aromatic nitrogens is 1. The maximum Gasteiger partial charge on any atom is 0.126 e. The van der Waals surface area contributed by atoms with Crippen molar-refractivity contribution < 1.29 is 4.74 Å². The highest BCUT2D eigenvalue weighted by atomic mass is 32.2. The molecule has 4 heteroatoms. The lowest BCUT2D eigenvalue weighted by Gasteiger charge is -2.03. The first kappa shape index (κ1) is 11.3. The van der Waals surface area contributed by atoms with Gasteiger partial charge in [0.2, 0.25) is 0 Å². The van der Waals surface area contributed by atoms with Crippen LogP contribution >= 0.6 is 11.8 Å². The maximum absolute atomic E-state index is 4.99. The summed E-state index contributed by atoms with van der Waals surface area (Å²) in [6, 6.07) is 4.08. The molecule has 0 spiro atoms. The number of rotatable bonds is 6. The zero-order valence-corrected chi connectivity index (χ0v) is 9.43. The van der Waals surface area contributed by atoms with Crippen molar-refractivity contribution in [3.05, 3.63) is 18.3 Å². The predicted molar refractivity (Wildman–Crippen MR) is 61.0 cm³/mol. The van der Waals surface area contributed by atoms with Gasteiger partial charge < -0.3 is 10.1 Å². The van der Waals surface area contributed by atoms with Crippen molar-refractivity contribution in [2.45, 2.75) is 11.3 Å². The summed E-state index contributed by atoms with van der Waals surface area (Å²) in [7, 11) is 3.61. The van der Waals surface area contributed by atoms with E-state index in [1.54, 1.807) is 7.11 Å². The van der Waals surface area contributed by atoms with E-state index >= 15 is 0 Å². The average molecular weight is 212 g/mol. The van der Waals surface area contributed by atoms with Gasteiger partial charge in [-0.2, -0.15) is 0 Å². The van der Waals surface area contributed by atoms with Crippen LogP contribution < -0.4 is 5.32 Å². The third kappa shape index (κ3) is 3.98. The largest absolute Gasteiger partial charge is 0.385 e. The molecule has 1 rings (SSSR count). The summed E-state index contributed by atoms with van der Waals surface area (Å²) < 4.78 is 4.99. The van der Waals surface area contributed by atoms with Crippen molar-refractivity contribution in [1.29, 1.82) is 0 Å². The van der Waals surface area contributed by atoms with Crippen LogP contribution in [0.1, 0.15) is 6.42 Å². The molecule has 3 nitrogen and oxygen atoms in total. The summed E-state index contributed by atoms with van der Waals surface area (Å²) in [5, 5.41) is 3.02. The number of ether oxygens (including phenoxy) is 1. The van der Waals surface area contributed by atoms with Crippen LogP contribution in [0.4, 0.5) is 5.82 Å². The van der Waals surface area contributed by atoms with Crippen molar-refractivity contribution in [3.63, 3.8) is 0 Å². The fourth-order valence-electron chi connectivity index (χ4n) is 1.03. The molecule has 0 aromatic carbocycles. The van der Waals surface area contributed by atoms with E-state index in [4.69, 9.17) is 4.74 Å². The van der Waals surface area contributed by atoms with Crippen LogP contribution in [0.15, 0.2) is 23.2 Å². The number of pyridine rings is 1. The van der Waals surface area contributed by atoms with Gasteiger partial charge in [0, 0.05) is 37.6 Å². The van der Waals surface area contributed by atoms with E-state index in [0.29, 0.717) is 0 Å². The van der Waals surface area contributed by atoms with E-state index in [9.17, 15) is 0 Å². The molecule has 0 amide bonds. The van der Waals surface area contributed by atoms with Gasteiger partial charge >= 0.3 is 0 Å². The molecule has 0 aliphatic heterocycles. The predicted octanol–water partition coefficient (Wildman–Crippen LogP) is 2.25. The minimum absolute atomic E-state index is 0.830. The first-order valence-corrected chi connectivity index (χ1v) is 5.61. The fourth-order valence-corrected chi connectivity index (χ4v) is 1.88. The van der Waals surface area contributed by atoms with Crippen LogP contribution in [0.5, 0.6) is 0 Å². The Bertz CT molecular complexity index is 268. The Morgan fingerprint density at radius 1 is 1.57 bits per heavy atom. The zero-order valence-electron chi connectivity index (χ0n) is 8.62. The minimum Gasteiger partial charge on any atom is -0.385 e. The summed E-state index contributed by atoms with van der Waals surface area (Å²) in [6.45, 7) is 0.830. The van der Waals surface area contributed by atoms with Crippen LogP contribution in [-0.2, 0) is 4.74 Å². The van der Waals surface area contributed by atoms with Crippen LogP contribution in [-0.4, -0.2) is 31.5 Å². The number of nitrogens with zero attached hydrogens (tertiary/aromatic N) is 1. The van der Waals surface area contributed by atoms with Crippen LogP contribution in [0, 0.1) is 0 Å². The lowest BCUT2D eigenvalue weighted by atomic mass is 10.5. The van der Waals surface area contributed by atoms with Crippen molar-refractivity contribution in [3.8, 4) is 0 Å². The molecule has 1 aromatic heterocycles. The van der Waals surface area contributed by atoms with Gasteiger partial charge in [-0.25, -0.2) is 4.98 Å². The normalized spacial score (nSPS) is 10.1. The smallest absolute Gasteiger partial charge is 0.126 e. The van der Waals surface area contributed by atoms with Gasteiger partial charge in [0.25, 0.3) is 0 Å². The van der Waals surface area contributed by atoms with Gasteiger partial charge in [-0.15, -0.1) is 11.8 Å². The molecule has 1 heterocycles. The molecule has 0 saturated heterocycles. The molecule has 0 fully saturated rings. The van der Waals surface area contributed by atoms with Gasteiger partial charge in [-0.1, -0.05) is 0 Å². The lowest BCUT2D eigenvalue weighted by Crippen LogP contribution is -1.92. The Hall–Kier alpha value is -0.740. The highest BCUT2D eigenvalue weighted by Crippen LogP contribution is 2.20. The topological polar surface area (TPSA) is 34.1 Å². The Morgan fingerprint density at radius 2 is 2.43 bits per heavy atom. The molecule has 0 unspecified atom stereocenters. The number of thioether (sulfide) groups is 1. The monoisotopic (exact) mass is 212 g/mol. The molecular weight excluding hydrogens is 196 g/mol. The lowest BCUT2D eigenvalue weighted by molar-refractivity contribution is 0.200. The Morgan fingerprint density at radius 3 is 3.14 bits per heavy atom. The fraction of sp³-hybridized carbons (Fsp3) is 0.500. The first-order valence-electron chi connectivity index (χ1n) is 4.62. The summed E-state index contributed by atoms with van der Waals surface area (Å²) in [5.74, 6) is 2.00. The standard InChI is InChI=1S/C10H16N2OS/c1-11-10-8-9(4-5-12-10)14-7-3-6-13-2/h4-5,8H,3,6-7H2,1-2H3,(H,11,12). The molecule has 14 heavy (non-hydrogen) atoms. The van der Waals surface area contributed by atoms with Gasteiger partial charge in [-0.3, -0.25) is 0 Å². The molecule has 0 atom stereocenters. The van der Waals surface area contributed by atoms with Gasteiger partial charge in [0.05, 0.1) is 0 Å². The number of methoxy groups -OCH3 is 1. The maximum atomic E-state index is 4.99. The van der Waals surface area contributed by atoms with Crippen molar-refractivity contribution in [1.82, 2.24) is 4.98 Å². The summed E-state index contributed by atoms with van der Waals surface area (Å²) in [4.78, 5) is 5.40. The van der Waals surface area contributed by atoms with E-state index in [0.717, 1.165) is 24.6 Å². The number of hydrogen-bond acceptors (Lipinski definition) is 4. The number of hydrogen-bond donors (Lipinski definition) is 1.